The molecule has 0 amide bonds. The van der Waals surface area contributed by atoms with Crippen molar-refractivity contribution in [2.75, 3.05) is 37.7 Å². The topological polar surface area (TPSA) is 102 Å². The number of hydrogen-bond acceptors (Lipinski definition) is 7. The third-order valence-corrected chi connectivity index (χ3v) is 6.26. The first-order valence-corrected chi connectivity index (χ1v) is 10.9. The Morgan fingerprint density at radius 1 is 1.30 bits per heavy atom. The van der Waals surface area contributed by atoms with Crippen LogP contribution in [0.2, 0.25) is 5.15 Å². The van der Waals surface area contributed by atoms with Crippen molar-refractivity contribution in [1.29, 1.82) is 0 Å². The van der Waals surface area contributed by atoms with E-state index < -0.39 is 9.84 Å². The average molecular weight is 408 g/mol. The summed E-state index contributed by atoms with van der Waals surface area (Å²) >= 11 is 5.94. The number of allylic oxidation sites excluding steroid dienone is 1. The van der Waals surface area contributed by atoms with Crippen LogP contribution in [0.3, 0.4) is 0 Å². The molecule has 1 aliphatic rings. The third kappa shape index (κ3) is 5.47. The molecule has 0 atom stereocenters. The molecular weight excluding hydrogens is 386 g/mol. The average Bonchev–Trinajstić information content (AvgIpc) is 2.65. The zero-order valence-corrected chi connectivity index (χ0v) is 16.5. The summed E-state index contributed by atoms with van der Waals surface area (Å²) in [6.07, 6.45) is 5.82. The first-order chi connectivity index (χ1) is 13.0. The molecule has 3 rings (SSSR count). The predicted octanol–water partition coefficient (Wildman–Crippen LogP) is 1.77. The normalized spacial score (nSPS) is 18.3. The lowest BCUT2D eigenvalue weighted by molar-refractivity contribution is 0.294. The fraction of sp³-hybridized carbons (Fsp3) is 0.389. The summed E-state index contributed by atoms with van der Waals surface area (Å²) in [4.78, 5) is 15.2. The molecule has 144 valence electrons. The number of hydrogen-bond donors (Lipinski definition) is 1. The monoisotopic (exact) mass is 407 g/mol. The SMILES string of the molecule is NC=C(C=NCCCN1CCS(=O)(=O)CC1)c1cnc2ccc(Cl)nc2c1. The summed E-state index contributed by atoms with van der Waals surface area (Å²) in [6, 6.07) is 5.41. The van der Waals surface area contributed by atoms with Crippen LogP contribution in [0, 0.1) is 0 Å². The molecule has 1 saturated heterocycles. The lowest BCUT2D eigenvalue weighted by atomic mass is 10.1. The largest absolute Gasteiger partial charge is 0.404 e. The van der Waals surface area contributed by atoms with Crippen LogP contribution in [0.15, 0.2) is 35.6 Å². The highest BCUT2D eigenvalue weighted by Crippen LogP contribution is 2.18. The van der Waals surface area contributed by atoms with Gasteiger partial charge in [0, 0.05) is 49.4 Å². The van der Waals surface area contributed by atoms with Crippen LogP contribution in [0.4, 0.5) is 0 Å². The quantitative estimate of drug-likeness (QED) is 0.445. The van der Waals surface area contributed by atoms with Gasteiger partial charge in [0.15, 0.2) is 9.84 Å². The molecule has 1 aliphatic heterocycles. The van der Waals surface area contributed by atoms with Gasteiger partial charge < -0.3 is 10.6 Å². The summed E-state index contributed by atoms with van der Waals surface area (Å²) in [5.74, 6) is 0.507. The van der Waals surface area contributed by atoms with E-state index >= 15 is 0 Å². The fourth-order valence-corrected chi connectivity index (χ4v) is 4.31. The van der Waals surface area contributed by atoms with Gasteiger partial charge in [-0.3, -0.25) is 9.98 Å². The molecule has 7 nitrogen and oxygen atoms in total. The minimum atomic E-state index is -2.83. The van der Waals surface area contributed by atoms with Crippen molar-refractivity contribution in [3.63, 3.8) is 0 Å². The van der Waals surface area contributed by atoms with Crippen molar-refractivity contribution < 1.29 is 8.42 Å². The summed E-state index contributed by atoms with van der Waals surface area (Å²) in [6.45, 7) is 2.71. The second kappa shape index (κ2) is 8.77. The second-order valence-electron chi connectivity index (χ2n) is 6.40. The zero-order chi connectivity index (χ0) is 19.3. The van der Waals surface area contributed by atoms with Crippen molar-refractivity contribution >= 4 is 44.3 Å². The standard InChI is InChI=1S/C18H22ClN5O2S/c19-18-3-2-16-17(23-18)10-14(13-22-16)15(11-20)12-21-4-1-5-24-6-8-27(25,26)9-7-24/h2-3,10-13H,1,4-9,20H2. The van der Waals surface area contributed by atoms with Gasteiger partial charge in [-0.15, -0.1) is 0 Å². The number of sulfone groups is 1. The van der Waals surface area contributed by atoms with Gasteiger partial charge in [0.05, 0.1) is 22.5 Å². The Hall–Kier alpha value is -2.03. The van der Waals surface area contributed by atoms with Crippen molar-refractivity contribution in [1.82, 2.24) is 14.9 Å². The molecule has 0 aliphatic carbocycles. The molecule has 2 aromatic heterocycles. The smallest absolute Gasteiger partial charge is 0.152 e. The highest BCUT2D eigenvalue weighted by atomic mass is 35.5. The van der Waals surface area contributed by atoms with Gasteiger partial charge in [-0.25, -0.2) is 13.4 Å². The Morgan fingerprint density at radius 2 is 2.07 bits per heavy atom. The molecule has 27 heavy (non-hydrogen) atoms. The molecule has 2 N–H and O–H groups in total. The van der Waals surface area contributed by atoms with E-state index in [2.05, 4.69) is 19.9 Å². The molecular formula is C18H22ClN5O2S. The Morgan fingerprint density at radius 3 is 2.81 bits per heavy atom. The van der Waals surface area contributed by atoms with Gasteiger partial charge in [0.1, 0.15) is 5.15 Å². The number of aliphatic imine (C=N–C) groups is 1. The molecule has 0 saturated carbocycles. The van der Waals surface area contributed by atoms with Gasteiger partial charge in [-0.05, 0) is 31.2 Å². The second-order valence-corrected chi connectivity index (χ2v) is 9.09. The Bertz CT molecular complexity index is 961. The summed E-state index contributed by atoms with van der Waals surface area (Å²) in [5, 5.41) is 0.416. The van der Waals surface area contributed by atoms with Gasteiger partial charge in [-0.1, -0.05) is 11.6 Å². The number of aromatic nitrogens is 2. The molecule has 2 aromatic rings. The van der Waals surface area contributed by atoms with Crippen LogP contribution in [0.5, 0.6) is 0 Å². The van der Waals surface area contributed by atoms with E-state index in [0.29, 0.717) is 30.3 Å². The predicted molar refractivity (Wildman–Crippen MR) is 110 cm³/mol. The van der Waals surface area contributed by atoms with E-state index in [-0.39, 0.29) is 11.5 Å². The number of rotatable bonds is 6. The number of fused-ring (bicyclic) bond motifs is 1. The molecule has 0 unspecified atom stereocenters. The van der Waals surface area contributed by atoms with E-state index in [9.17, 15) is 8.42 Å². The van der Waals surface area contributed by atoms with Crippen molar-refractivity contribution in [2.45, 2.75) is 6.42 Å². The van der Waals surface area contributed by atoms with Crippen LogP contribution in [0.25, 0.3) is 16.6 Å². The molecule has 3 heterocycles. The van der Waals surface area contributed by atoms with Crippen LogP contribution in [-0.2, 0) is 9.84 Å². The van der Waals surface area contributed by atoms with Gasteiger partial charge >= 0.3 is 0 Å². The summed E-state index contributed by atoms with van der Waals surface area (Å²) < 4.78 is 22.9. The van der Waals surface area contributed by atoms with E-state index in [1.807, 2.05) is 12.1 Å². The number of pyridine rings is 2. The van der Waals surface area contributed by atoms with Crippen LogP contribution < -0.4 is 5.73 Å². The van der Waals surface area contributed by atoms with Crippen LogP contribution in [-0.4, -0.2) is 67.2 Å². The molecule has 0 spiro atoms. The van der Waals surface area contributed by atoms with E-state index in [1.54, 1.807) is 18.5 Å². The zero-order valence-electron chi connectivity index (χ0n) is 14.9. The van der Waals surface area contributed by atoms with E-state index in [4.69, 9.17) is 17.3 Å². The van der Waals surface area contributed by atoms with E-state index in [1.165, 1.54) is 6.20 Å². The van der Waals surface area contributed by atoms with Crippen molar-refractivity contribution in [3.8, 4) is 0 Å². The lowest BCUT2D eigenvalue weighted by Gasteiger charge is -2.25. The first-order valence-electron chi connectivity index (χ1n) is 8.74. The fourth-order valence-electron chi connectivity index (χ4n) is 2.88. The Labute approximate surface area is 163 Å². The first kappa shape index (κ1) is 19.7. The highest BCUT2D eigenvalue weighted by molar-refractivity contribution is 7.91. The van der Waals surface area contributed by atoms with Gasteiger partial charge in [0.25, 0.3) is 0 Å². The van der Waals surface area contributed by atoms with Crippen molar-refractivity contribution in [3.05, 3.63) is 41.3 Å². The van der Waals surface area contributed by atoms with Gasteiger partial charge in [-0.2, -0.15) is 0 Å². The molecule has 0 radical (unpaired) electrons. The third-order valence-electron chi connectivity index (χ3n) is 4.45. The number of nitrogens with zero attached hydrogens (tertiary/aromatic N) is 4. The van der Waals surface area contributed by atoms with Gasteiger partial charge in [0.2, 0.25) is 0 Å². The summed E-state index contributed by atoms with van der Waals surface area (Å²) in [5.41, 5.74) is 8.79. The maximum absolute atomic E-state index is 11.4. The Kier molecular flexibility index (Phi) is 6.41. The van der Waals surface area contributed by atoms with Crippen LogP contribution >= 0.6 is 11.6 Å². The minimum Gasteiger partial charge on any atom is -0.404 e. The molecule has 1 fully saturated rings. The molecule has 0 bridgehead atoms. The van der Waals surface area contributed by atoms with E-state index in [0.717, 1.165) is 29.6 Å². The summed E-state index contributed by atoms with van der Waals surface area (Å²) in [7, 11) is -2.83. The maximum atomic E-state index is 11.4. The highest BCUT2D eigenvalue weighted by Gasteiger charge is 2.20. The van der Waals surface area contributed by atoms with Crippen molar-refractivity contribution in [2.24, 2.45) is 10.7 Å². The minimum absolute atomic E-state index is 0.253. The number of halogens is 1. The van der Waals surface area contributed by atoms with Crippen LogP contribution in [0.1, 0.15) is 12.0 Å². The molecule has 0 aromatic carbocycles. The molecule has 9 heteroatoms. The lowest BCUT2D eigenvalue weighted by Crippen LogP contribution is -2.40. The maximum Gasteiger partial charge on any atom is 0.152 e. The number of nitrogens with two attached hydrogens (primary N) is 1. The Balaban J connectivity index is 1.54.